The summed E-state index contributed by atoms with van der Waals surface area (Å²) < 4.78 is 11.1. The maximum absolute atomic E-state index is 13.0. The molecule has 0 aliphatic heterocycles. The molecule has 0 heterocycles. The number of carbonyl (C=O) groups is 2. The Kier molecular flexibility index (Phi) is 8.18. The van der Waals surface area contributed by atoms with Crippen LogP contribution in [0.4, 0.5) is 0 Å². The number of phenolic OH excluding ortho intramolecular Hbond substituents is 1. The van der Waals surface area contributed by atoms with E-state index in [1.807, 2.05) is 60.7 Å². The third-order valence-corrected chi connectivity index (χ3v) is 7.95. The molecule has 0 radical (unpaired) electrons. The Morgan fingerprint density at radius 1 is 0.488 bits per heavy atom. The highest BCUT2D eigenvalue weighted by molar-refractivity contribution is 5.97. The van der Waals surface area contributed by atoms with Gasteiger partial charge in [-0.15, -0.1) is 0 Å². The van der Waals surface area contributed by atoms with Gasteiger partial charge in [0.15, 0.2) is 0 Å². The Balaban J connectivity index is 1.27. The lowest BCUT2D eigenvalue weighted by Gasteiger charge is -2.26. The second kappa shape index (κ2) is 12.0. The van der Waals surface area contributed by atoms with Crippen molar-refractivity contribution >= 4 is 11.9 Å². The van der Waals surface area contributed by atoms with Gasteiger partial charge in [0.05, 0.1) is 11.1 Å². The van der Waals surface area contributed by atoms with Crippen molar-refractivity contribution in [1.29, 1.82) is 0 Å². The average Bonchev–Trinajstić information content (AvgIpc) is 3.02. The van der Waals surface area contributed by atoms with E-state index < -0.39 is 11.9 Å². The van der Waals surface area contributed by atoms with Crippen LogP contribution in [-0.4, -0.2) is 17.0 Å². The van der Waals surface area contributed by atoms with Gasteiger partial charge in [-0.1, -0.05) is 113 Å². The van der Waals surface area contributed by atoms with Gasteiger partial charge in [0.2, 0.25) is 0 Å². The number of hydrogen-bond donors (Lipinski definition) is 1. The lowest BCUT2D eigenvalue weighted by molar-refractivity contribution is 0.0734. The Morgan fingerprint density at radius 2 is 0.814 bits per heavy atom. The van der Waals surface area contributed by atoms with Crippen LogP contribution in [0.3, 0.4) is 0 Å². The smallest absolute Gasteiger partial charge is 0.343 e. The molecule has 5 aromatic carbocycles. The molecule has 0 fully saturated rings. The zero-order valence-corrected chi connectivity index (χ0v) is 24.7. The van der Waals surface area contributed by atoms with E-state index >= 15 is 0 Å². The van der Waals surface area contributed by atoms with Gasteiger partial charge in [-0.05, 0) is 64.7 Å². The number of esters is 2. The number of rotatable bonds is 8. The number of carbonyl (C=O) groups excluding carboxylic acids is 2. The molecule has 0 saturated heterocycles. The van der Waals surface area contributed by atoms with Gasteiger partial charge in [-0.25, -0.2) is 9.59 Å². The number of phenols is 1. The van der Waals surface area contributed by atoms with E-state index in [0.717, 1.165) is 11.1 Å². The molecule has 216 valence electrons. The molecule has 5 heteroatoms. The highest BCUT2D eigenvalue weighted by Crippen LogP contribution is 2.34. The van der Waals surface area contributed by atoms with Crippen molar-refractivity contribution < 1.29 is 24.2 Å². The average molecular weight is 571 g/mol. The zero-order valence-electron chi connectivity index (χ0n) is 24.7. The lowest BCUT2D eigenvalue weighted by atomic mass is 9.78. The maximum atomic E-state index is 13.0. The third-order valence-electron chi connectivity index (χ3n) is 7.95. The molecule has 0 aliphatic rings. The van der Waals surface area contributed by atoms with Crippen LogP contribution in [0.25, 0.3) is 0 Å². The topological polar surface area (TPSA) is 72.8 Å². The number of aromatic hydroxyl groups is 1. The van der Waals surface area contributed by atoms with E-state index in [2.05, 4.69) is 52.0 Å². The van der Waals surface area contributed by atoms with Crippen molar-refractivity contribution in [2.24, 2.45) is 0 Å². The minimum Gasteiger partial charge on any atom is -0.508 e. The largest absolute Gasteiger partial charge is 0.508 e. The van der Waals surface area contributed by atoms with Crippen LogP contribution in [0.2, 0.25) is 0 Å². The summed E-state index contributed by atoms with van der Waals surface area (Å²) in [7, 11) is 0. The van der Waals surface area contributed by atoms with Gasteiger partial charge < -0.3 is 14.6 Å². The molecule has 0 aliphatic carbocycles. The molecule has 43 heavy (non-hydrogen) atoms. The minimum absolute atomic E-state index is 0.0283. The van der Waals surface area contributed by atoms with Crippen LogP contribution in [0, 0.1) is 0 Å². The molecule has 0 unspecified atom stereocenters. The molecular formula is C38H34O5. The first-order valence-corrected chi connectivity index (χ1v) is 14.1. The van der Waals surface area contributed by atoms with E-state index in [4.69, 9.17) is 9.47 Å². The molecule has 0 spiro atoms. The molecule has 0 bridgehead atoms. The van der Waals surface area contributed by atoms with Crippen LogP contribution in [0.5, 0.6) is 17.2 Å². The molecule has 5 nitrogen and oxygen atoms in total. The highest BCUT2D eigenvalue weighted by Gasteiger charge is 2.24. The van der Waals surface area contributed by atoms with E-state index in [0.29, 0.717) is 11.5 Å². The summed E-state index contributed by atoms with van der Waals surface area (Å²) >= 11 is 0. The molecule has 0 atom stereocenters. The maximum Gasteiger partial charge on any atom is 0.343 e. The lowest BCUT2D eigenvalue weighted by Crippen LogP contribution is -2.18. The fraction of sp³-hybridized carbons (Fsp3) is 0.158. The van der Waals surface area contributed by atoms with Gasteiger partial charge in [0.1, 0.15) is 17.2 Å². The molecule has 5 rings (SSSR count). The van der Waals surface area contributed by atoms with Crippen LogP contribution >= 0.6 is 0 Å². The van der Waals surface area contributed by atoms with E-state index in [1.54, 1.807) is 24.3 Å². The summed E-state index contributed by atoms with van der Waals surface area (Å²) in [4.78, 5) is 25.9. The quantitative estimate of drug-likeness (QED) is 0.150. The number of benzene rings is 5. The second-order valence-corrected chi connectivity index (χ2v) is 11.6. The monoisotopic (exact) mass is 570 g/mol. The molecule has 1 N–H and O–H groups in total. The first-order chi connectivity index (χ1) is 20.5. The molecule has 5 aromatic rings. The van der Waals surface area contributed by atoms with Crippen molar-refractivity contribution in [2.45, 2.75) is 38.5 Å². The fourth-order valence-corrected chi connectivity index (χ4v) is 5.10. The minimum atomic E-state index is -0.701. The summed E-state index contributed by atoms with van der Waals surface area (Å²) in [6.07, 6.45) is 0. The Bertz CT molecular complexity index is 1590. The predicted octanol–water partition coefficient (Wildman–Crippen LogP) is 8.48. The van der Waals surface area contributed by atoms with Gasteiger partial charge in [-0.3, -0.25) is 0 Å². The molecule has 0 aromatic heterocycles. The summed E-state index contributed by atoms with van der Waals surface area (Å²) in [5.41, 5.74) is 4.07. The molecular weight excluding hydrogens is 536 g/mol. The molecule has 0 saturated carbocycles. The van der Waals surface area contributed by atoms with E-state index in [-0.39, 0.29) is 27.7 Å². The normalized spacial score (nSPS) is 11.5. The Labute approximate surface area is 252 Å². The van der Waals surface area contributed by atoms with Gasteiger partial charge in [-0.2, -0.15) is 0 Å². The van der Waals surface area contributed by atoms with Gasteiger partial charge in [0.25, 0.3) is 0 Å². The Morgan fingerprint density at radius 3 is 1.16 bits per heavy atom. The summed E-state index contributed by atoms with van der Waals surface area (Å²) in [5, 5.41) is 10.3. The standard InChI is InChI=1S/C38H34O5/c1-37(2,28-11-7-5-8-12-28)30-15-19-33(20-16-30)42-35(40)26-23-27(25-32(39)24-26)36(41)43-34-21-17-31(18-22-34)38(3,4)29-13-9-6-10-14-29/h5-25,39H,1-4H3. The van der Waals surface area contributed by atoms with Gasteiger partial charge >= 0.3 is 11.9 Å². The number of hydrogen-bond acceptors (Lipinski definition) is 5. The van der Waals surface area contributed by atoms with E-state index in [9.17, 15) is 14.7 Å². The summed E-state index contributed by atoms with van der Waals surface area (Å²) in [5.74, 6) is -0.950. The SMILES string of the molecule is CC(C)(c1ccccc1)c1ccc(OC(=O)c2cc(O)cc(C(=O)Oc3ccc(C(C)(C)c4ccccc4)cc3)c2)cc1. The zero-order chi connectivity index (χ0) is 30.6. The first-order valence-electron chi connectivity index (χ1n) is 14.1. The Hall–Kier alpha value is -5.16. The van der Waals surface area contributed by atoms with Crippen molar-refractivity contribution in [2.75, 3.05) is 0 Å². The number of ether oxygens (including phenoxy) is 2. The van der Waals surface area contributed by atoms with Crippen LogP contribution < -0.4 is 9.47 Å². The van der Waals surface area contributed by atoms with E-state index in [1.165, 1.54) is 29.3 Å². The van der Waals surface area contributed by atoms with Crippen molar-refractivity contribution in [3.05, 3.63) is 161 Å². The second-order valence-electron chi connectivity index (χ2n) is 11.6. The van der Waals surface area contributed by atoms with Crippen LogP contribution in [0.1, 0.15) is 70.7 Å². The third kappa shape index (κ3) is 6.52. The molecule has 0 amide bonds. The highest BCUT2D eigenvalue weighted by atomic mass is 16.5. The summed E-state index contributed by atoms with van der Waals surface area (Å²) in [6.45, 7) is 8.54. The van der Waals surface area contributed by atoms with Gasteiger partial charge in [0, 0.05) is 10.8 Å². The van der Waals surface area contributed by atoms with Crippen LogP contribution in [0.15, 0.2) is 127 Å². The van der Waals surface area contributed by atoms with Crippen molar-refractivity contribution in [1.82, 2.24) is 0 Å². The predicted molar refractivity (Wildman–Crippen MR) is 168 cm³/mol. The first kappa shape index (κ1) is 29.3. The summed E-state index contributed by atoms with van der Waals surface area (Å²) in [6, 6.07) is 38.8. The van der Waals surface area contributed by atoms with Crippen LogP contribution in [-0.2, 0) is 10.8 Å². The van der Waals surface area contributed by atoms with Crippen molar-refractivity contribution in [3.8, 4) is 17.2 Å². The fourth-order valence-electron chi connectivity index (χ4n) is 5.10. The van der Waals surface area contributed by atoms with Crippen molar-refractivity contribution in [3.63, 3.8) is 0 Å².